The van der Waals surface area contributed by atoms with Gasteiger partial charge in [-0.2, -0.15) is 0 Å². The van der Waals surface area contributed by atoms with Crippen molar-refractivity contribution in [1.82, 2.24) is 0 Å². The van der Waals surface area contributed by atoms with Gasteiger partial charge in [-0.3, -0.25) is 0 Å². The second-order valence-electron chi connectivity index (χ2n) is 4.65. The zero-order valence-corrected chi connectivity index (χ0v) is 12.2. The highest BCUT2D eigenvalue weighted by molar-refractivity contribution is 5.82. The van der Waals surface area contributed by atoms with Crippen molar-refractivity contribution < 1.29 is 9.53 Å². The highest BCUT2D eigenvalue weighted by Gasteiger charge is 1.98. The molecule has 0 N–H and O–H groups in total. The summed E-state index contributed by atoms with van der Waals surface area (Å²) in [5, 5.41) is 0. The molecule has 0 atom stereocenters. The molecule has 0 bridgehead atoms. The topological polar surface area (TPSA) is 26.3 Å². The van der Waals surface area contributed by atoms with Crippen molar-refractivity contribution in [2.24, 2.45) is 0 Å². The van der Waals surface area contributed by atoms with Crippen LogP contribution in [0.4, 0.5) is 0 Å². The first kappa shape index (κ1) is 16.7. The van der Waals surface area contributed by atoms with Crippen molar-refractivity contribution in [2.75, 3.05) is 6.61 Å². The molecule has 0 aromatic carbocycles. The molecule has 0 amide bonds. The largest absolute Gasteiger partial charge is 0.462 e. The van der Waals surface area contributed by atoms with Gasteiger partial charge in [0.25, 0.3) is 0 Å². The van der Waals surface area contributed by atoms with Crippen LogP contribution in [0.1, 0.15) is 53.4 Å². The van der Waals surface area contributed by atoms with Gasteiger partial charge in [-0.05, 0) is 46.5 Å². The Balaban J connectivity index is 3.83. The maximum absolute atomic E-state index is 11.4. The average molecular weight is 250 g/mol. The van der Waals surface area contributed by atoms with Gasteiger partial charge in [-0.15, -0.1) is 0 Å². The van der Waals surface area contributed by atoms with Crippen molar-refractivity contribution in [3.8, 4) is 0 Å². The molecule has 0 aromatic rings. The van der Waals surface area contributed by atoms with Crippen molar-refractivity contribution in [2.45, 2.75) is 53.4 Å². The first-order valence-electron chi connectivity index (χ1n) is 6.68. The molecule has 0 fully saturated rings. The van der Waals surface area contributed by atoms with Crippen LogP contribution in [0.5, 0.6) is 0 Å². The molecule has 102 valence electrons. The summed E-state index contributed by atoms with van der Waals surface area (Å²) in [4.78, 5) is 11.4. The van der Waals surface area contributed by atoms with Gasteiger partial charge in [0.15, 0.2) is 0 Å². The van der Waals surface area contributed by atoms with E-state index >= 15 is 0 Å². The van der Waals surface area contributed by atoms with E-state index < -0.39 is 0 Å². The molecule has 0 saturated heterocycles. The number of rotatable bonds is 8. The fourth-order valence-corrected chi connectivity index (χ4v) is 1.42. The number of hydrogen-bond acceptors (Lipinski definition) is 2. The van der Waals surface area contributed by atoms with Crippen LogP contribution in [-0.2, 0) is 9.53 Å². The summed E-state index contributed by atoms with van der Waals surface area (Å²) in [6.45, 7) is 8.68. The summed E-state index contributed by atoms with van der Waals surface area (Å²) in [6, 6.07) is 0. The quantitative estimate of drug-likeness (QED) is 0.273. The van der Waals surface area contributed by atoms with Gasteiger partial charge in [0, 0.05) is 6.08 Å². The van der Waals surface area contributed by atoms with E-state index in [0.717, 1.165) is 31.3 Å². The van der Waals surface area contributed by atoms with Crippen molar-refractivity contribution >= 4 is 5.97 Å². The Labute approximate surface area is 111 Å². The van der Waals surface area contributed by atoms with E-state index in [0.29, 0.717) is 6.61 Å². The van der Waals surface area contributed by atoms with Gasteiger partial charge in [-0.1, -0.05) is 36.3 Å². The molecular weight excluding hydrogens is 224 g/mol. The Morgan fingerprint density at radius 1 is 1.11 bits per heavy atom. The Morgan fingerprint density at radius 2 is 1.83 bits per heavy atom. The predicted octanol–water partition coefficient (Wildman–Crippen LogP) is 4.58. The minimum atomic E-state index is -0.227. The van der Waals surface area contributed by atoms with Crippen LogP contribution < -0.4 is 0 Å². The maximum atomic E-state index is 11.4. The molecule has 0 aliphatic heterocycles. The number of ether oxygens (including phenoxy) is 1. The molecule has 0 aliphatic carbocycles. The van der Waals surface area contributed by atoms with Gasteiger partial charge < -0.3 is 4.74 Å². The van der Waals surface area contributed by atoms with Gasteiger partial charge in [0.2, 0.25) is 0 Å². The van der Waals surface area contributed by atoms with Gasteiger partial charge in [0.1, 0.15) is 0 Å². The molecule has 0 rings (SSSR count). The highest BCUT2D eigenvalue weighted by atomic mass is 16.5. The molecule has 0 heterocycles. The molecule has 0 saturated carbocycles. The first-order chi connectivity index (χ1) is 8.56. The van der Waals surface area contributed by atoms with Crippen LogP contribution >= 0.6 is 0 Å². The van der Waals surface area contributed by atoms with Gasteiger partial charge in [-0.25, -0.2) is 4.79 Å². The second-order valence-corrected chi connectivity index (χ2v) is 4.65. The Kier molecular flexibility index (Phi) is 10.0. The van der Waals surface area contributed by atoms with E-state index in [1.165, 1.54) is 5.57 Å². The fourth-order valence-electron chi connectivity index (χ4n) is 1.42. The molecule has 0 unspecified atom stereocenters. The number of carbonyl (C=O) groups is 1. The van der Waals surface area contributed by atoms with Crippen molar-refractivity contribution in [3.05, 3.63) is 35.5 Å². The second kappa shape index (κ2) is 10.8. The Bertz CT molecular complexity index is 318. The van der Waals surface area contributed by atoms with Crippen LogP contribution in [0.15, 0.2) is 35.5 Å². The molecule has 18 heavy (non-hydrogen) atoms. The summed E-state index contributed by atoms with van der Waals surface area (Å²) in [5.74, 6) is -0.227. The zero-order valence-electron chi connectivity index (χ0n) is 12.2. The molecule has 2 nitrogen and oxygen atoms in total. The number of carbonyl (C=O) groups excluding carboxylic acids is 1. The van der Waals surface area contributed by atoms with E-state index in [2.05, 4.69) is 32.9 Å². The van der Waals surface area contributed by atoms with E-state index in [1.807, 2.05) is 13.0 Å². The minimum Gasteiger partial charge on any atom is -0.462 e. The van der Waals surface area contributed by atoms with Crippen LogP contribution in [0, 0.1) is 0 Å². The van der Waals surface area contributed by atoms with Crippen molar-refractivity contribution in [1.29, 1.82) is 0 Å². The highest BCUT2D eigenvalue weighted by Crippen LogP contribution is 2.06. The molecular formula is C16H26O2. The van der Waals surface area contributed by atoms with Crippen molar-refractivity contribution in [3.63, 3.8) is 0 Å². The average Bonchev–Trinajstić information content (AvgIpc) is 2.28. The molecule has 2 heteroatoms. The molecule has 0 aromatic heterocycles. The SMILES string of the molecule is CCC=CCCOC(=O)C=C(C)CCC=C(C)C. The lowest BCUT2D eigenvalue weighted by Crippen LogP contribution is -2.02. The number of allylic oxidation sites excluding steroid dienone is 4. The molecule has 0 radical (unpaired) electrons. The normalized spacial score (nSPS) is 11.7. The smallest absolute Gasteiger partial charge is 0.330 e. The third-order valence-corrected chi connectivity index (χ3v) is 2.39. The van der Waals surface area contributed by atoms with Crippen LogP contribution in [-0.4, -0.2) is 12.6 Å². The Hall–Kier alpha value is -1.31. The number of hydrogen-bond donors (Lipinski definition) is 0. The molecule has 0 aliphatic rings. The summed E-state index contributed by atoms with van der Waals surface area (Å²) >= 11 is 0. The lowest BCUT2D eigenvalue weighted by Gasteiger charge is -2.01. The number of esters is 1. The summed E-state index contributed by atoms with van der Waals surface area (Å²) < 4.78 is 5.10. The monoisotopic (exact) mass is 250 g/mol. The van der Waals surface area contributed by atoms with Gasteiger partial charge in [0.05, 0.1) is 6.61 Å². The zero-order chi connectivity index (χ0) is 13.8. The fraction of sp³-hybridized carbons (Fsp3) is 0.562. The lowest BCUT2D eigenvalue weighted by atomic mass is 10.1. The van der Waals surface area contributed by atoms with E-state index in [9.17, 15) is 4.79 Å². The van der Waals surface area contributed by atoms with Crippen LogP contribution in [0.2, 0.25) is 0 Å². The standard InChI is InChI=1S/C16H26O2/c1-5-6-7-8-12-18-16(17)13-15(4)11-9-10-14(2)3/h6-7,10,13H,5,8-9,11-12H2,1-4H3. The Morgan fingerprint density at radius 3 is 2.44 bits per heavy atom. The van der Waals surface area contributed by atoms with Crippen LogP contribution in [0.25, 0.3) is 0 Å². The summed E-state index contributed by atoms with van der Waals surface area (Å²) in [6.07, 6.45) is 11.6. The van der Waals surface area contributed by atoms with E-state index in [-0.39, 0.29) is 5.97 Å². The predicted molar refractivity (Wildman–Crippen MR) is 77.4 cm³/mol. The summed E-state index contributed by atoms with van der Waals surface area (Å²) in [5.41, 5.74) is 2.38. The lowest BCUT2D eigenvalue weighted by molar-refractivity contribution is -0.137. The first-order valence-corrected chi connectivity index (χ1v) is 6.68. The van der Waals surface area contributed by atoms with Crippen LogP contribution in [0.3, 0.4) is 0 Å². The van der Waals surface area contributed by atoms with E-state index in [1.54, 1.807) is 6.08 Å². The van der Waals surface area contributed by atoms with E-state index in [4.69, 9.17) is 4.74 Å². The minimum absolute atomic E-state index is 0.227. The third-order valence-electron chi connectivity index (χ3n) is 2.39. The van der Waals surface area contributed by atoms with Gasteiger partial charge >= 0.3 is 5.97 Å². The maximum Gasteiger partial charge on any atom is 0.330 e. The summed E-state index contributed by atoms with van der Waals surface area (Å²) in [7, 11) is 0. The third kappa shape index (κ3) is 11.2. The molecule has 0 spiro atoms.